The molecule has 0 aromatic heterocycles. The van der Waals surface area contributed by atoms with E-state index in [4.69, 9.17) is 0 Å². The van der Waals surface area contributed by atoms with E-state index in [0.717, 1.165) is 0 Å². The van der Waals surface area contributed by atoms with Gasteiger partial charge in [0.2, 0.25) is 0 Å². The van der Waals surface area contributed by atoms with E-state index in [0.29, 0.717) is 11.5 Å². The molecule has 19 heavy (non-hydrogen) atoms. The minimum Gasteiger partial charge on any atom is -0.313 e. The molecule has 0 saturated carbocycles. The molecule has 1 aliphatic heterocycles. The lowest BCUT2D eigenvalue weighted by Crippen LogP contribution is -2.41. The van der Waals surface area contributed by atoms with Crippen LogP contribution in [0.15, 0.2) is 24.3 Å². The molecule has 3 rings (SSSR count). The molecule has 1 saturated heterocycles. The first-order valence-corrected chi connectivity index (χ1v) is 8.12. The van der Waals surface area contributed by atoms with Crippen molar-refractivity contribution < 1.29 is 0 Å². The molecular formula is C18H31N. The lowest BCUT2D eigenvalue weighted by atomic mass is 9.76. The standard InChI is InChI=1S/C14H19N.2C2H6/c1-14(13-7-4-10-15-13)9-8-11-5-2-3-6-12(11)14;2*1-2/h2-3,5-6,13,15H,4,7-10H2,1H3;2*1-2H3. The molecule has 0 radical (unpaired) electrons. The molecule has 2 atom stereocenters. The van der Waals surface area contributed by atoms with Gasteiger partial charge in [-0.2, -0.15) is 0 Å². The third kappa shape index (κ3) is 3.20. The molecule has 1 N–H and O–H groups in total. The van der Waals surface area contributed by atoms with Gasteiger partial charge in [0.1, 0.15) is 0 Å². The molecular weight excluding hydrogens is 230 g/mol. The average Bonchev–Trinajstić information content (AvgIpc) is 3.13. The zero-order valence-corrected chi connectivity index (χ0v) is 13.4. The van der Waals surface area contributed by atoms with E-state index in [-0.39, 0.29) is 0 Å². The molecule has 0 spiro atoms. The molecule has 1 heterocycles. The van der Waals surface area contributed by atoms with Crippen molar-refractivity contribution in [3.63, 3.8) is 0 Å². The molecule has 0 bridgehead atoms. The number of hydrogen-bond donors (Lipinski definition) is 1. The van der Waals surface area contributed by atoms with Gasteiger partial charge in [0.15, 0.2) is 0 Å². The fraction of sp³-hybridized carbons (Fsp3) is 0.667. The molecule has 2 unspecified atom stereocenters. The lowest BCUT2D eigenvalue weighted by Gasteiger charge is -2.32. The molecule has 1 aliphatic carbocycles. The van der Waals surface area contributed by atoms with Gasteiger partial charge >= 0.3 is 0 Å². The van der Waals surface area contributed by atoms with Crippen LogP contribution in [0, 0.1) is 0 Å². The fourth-order valence-electron chi connectivity index (χ4n) is 3.41. The Morgan fingerprint density at radius 2 is 1.79 bits per heavy atom. The second-order valence-corrected chi connectivity index (χ2v) is 5.22. The average molecular weight is 261 g/mol. The van der Waals surface area contributed by atoms with Gasteiger partial charge in [0, 0.05) is 11.5 Å². The third-order valence-corrected chi connectivity index (χ3v) is 4.38. The van der Waals surface area contributed by atoms with Crippen LogP contribution in [0.3, 0.4) is 0 Å². The summed E-state index contributed by atoms with van der Waals surface area (Å²) in [5.74, 6) is 0. The van der Waals surface area contributed by atoms with Gasteiger partial charge in [-0.05, 0) is 43.4 Å². The molecule has 1 aromatic carbocycles. The second-order valence-electron chi connectivity index (χ2n) is 5.22. The summed E-state index contributed by atoms with van der Waals surface area (Å²) in [7, 11) is 0. The van der Waals surface area contributed by atoms with Crippen molar-refractivity contribution in [1.82, 2.24) is 5.32 Å². The Morgan fingerprint density at radius 1 is 1.11 bits per heavy atom. The van der Waals surface area contributed by atoms with Crippen molar-refractivity contribution >= 4 is 0 Å². The number of rotatable bonds is 1. The minimum atomic E-state index is 0.396. The van der Waals surface area contributed by atoms with Gasteiger partial charge in [-0.25, -0.2) is 0 Å². The Hall–Kier alpha value is -0.820. The largest absolute Gasteiger partial charge is 0.313 e. The van der Waals surface area contributed by atoms with Gasteiger partial charge in [0.25, 0.3) is 0 Å². The van der Waals surface area contributed by atoms with Crippen LogP contribution in [0.1, 0.15) is 65.0 Å². The molecule has 1 fully saturated rings. The van der Waals surface area contributed by atoms with Crippen LogP contribution in [0.5, 0.6) is 0 Å². The number of fused-ring (bicyclic) bond motifs is 1. The molecule has 1 heteroatoms. The predicted molar refractivity (Wildman–Crippen MR) is 85.8 cm³/mol. The smallest absolute Gasteiger partial charge is 0.0162 e. The summed E-state index contributed by atoms with van der Waals surface area (Å²) in [5, 5.41) is 3.68. The number of nitrogens with one attached hydrogen (secondary N) is 1. The topological polar surface area (TPSA) is 12.0 Å². The maximum Gasteiger partial charge on any atom is 0.0162 e. The first kappa shape index (κ1) is 16.2. The van der Waals surface area contributed by atoms with Crippen molar-refractivity contribution in [2.75, 3.05) is 6.54 Å². The maximum absolute atomic E-state index is 3.68. The van der Waals surface area contributed by atoms with Gasteiger partial charge in [-0.1, -0.05) is 58.9 Å². The first-order valence-electron chi connectivity index (χ1n) is 8.12. The van der Waals surface area contributed by atoms with Gasteiger partial charge in [-0.15, -0.1) is 0 Å². The zero-order chi connectivity index (χ0) is 14.3. The Labute approximate surface area is 119 Å². The van der Waals surface area contributed by atoms with Crippen molar-refractivity contribution in [2.45, 2.75) is 71.8 Å². The Kier molecular flexibility index (Phi) is 6.57. The molecule has 0 amide bonds. The summed E-state index contributed by atoms with van der Waals surface area (Å²) in [6.45, 7) is 11.7. The van der Waals surface area contributed by atoms with E-state index < -0.39 is 0 Å². The van der Waals surface area contributed by atoms with Gasteiger partial charge in [0.05, 0.1) is 0 Å². The highest BCUT2D eigenvalue weighted by Crippen LogP contribution is 2.43. The highest BCUT2D eigenvalue weighted by atomic mass is 15.0. The van der Waals surface area contributed by atoms with E-state index >= 15 is 0 Å². The lowest BCUT2D eigenvalue weighted by molar-refractivity contribution is 0.344. The molecule has 2 aliphatic rings. The molecule has 1 aromatic rings. The van der Waals surface area contributed by atoms with Crippen LogP contribution in [0.25, 0.3) is 0 Å². The summed E-state index contributed by atoms with van der Waals surface area (Å²) in [5.41, 5.74) is 3.57. The summed E-state index contributed by atoms with van der Waals surface area (Å²) in [4.78, 5) is 0. The summed E-state index contributed by atoms with van der Waals surface area (Å²) in [6.07, 6.45) is 5.29. The van der Waals surface area contributed by atoms with Crippen LogP contribution >= 0.6 is 0 Å². The highest BCUT2D eigenvalue weighted by Gasteiger charge is 2.41. The van der Waals surface area contributed by atoms with Gasteiger partial charge < -0.3 is 5.32 Å². The predicted octanol–water partition coefficient (Wildman–Crippen LogP) is 4.69. The number of hydrogen-bond acceptors (Lipinski definition) is 1. The number of benzene rings is 1. The summed E-state index contributed by atoms with van der Waals surface area (Å²) < 4.78 is 0. The van der Waals surface area contributed by atoms with E-state index in [9.17, 15) is 0 Å². The van der Waals surface area contributed by atoms with Crippen molar-refractivity contribution in [3.8, 4) is 0 Å². The quantitative estimate of drug-likeness (QED) is 0.773. The van der Waals surface area contributed by atoms with Crippen LogP contribution < -0.4 is 5.32 Å². The molecule has 1 nitrogen and oxygen atoms in total. The van der Waals surface area contributed by atoms with Crippen molar-refractivity contribution in [1.29, 1.82) is 0 Å². The van der Waals surface area contributed by atoms with E-state index in [1.807, 2.05) is 27.7 Å². The molecule has 108 valence electrons. The third-order valence-electron chi connectivity index (χ3n) is 4.38. The minimum absolute atomic E-state index is 0.396. The van der Waals surface area contributed by atoms with Gasteiger partial charge in [-0.3, -0.25) is 0 Å². The van der Waals surface area contributed by atoms with E-state index in [1.54, 1.807) is 11.1 Å². The normalized spacial score (nSPS) is 27.7. The first-order chi connectivity index (χ1) is 9.31. The Balaban J connectivity index is 0.000000415. The monoisotopic (exact) mass is 261 g/mol. The van der Waals surface area contributed by atoms with Crippen LogP contribution in [0.4, 0.5) is 0 Å². The zero-order valence-electron chi connectivity index (χ0n) is 13.4. The second kappa shape index (κ2) is 7.69. The van der Waals surface area contributed by atoms with Crippen LogP contribution in [-0.4, -0.2) is 12.6 Å². The fourth-order valence-corrected chi connectivity index (χ4v) is 3.41. The maximum atomic E-state index is 3.68. The highest BCUT2D eigenvalue weighted by molar-refractivity contribution is 5.40. The SMILES string of the molecule is CC.CC.CC1(C2CCCN2)CCc2ccccc21. The Morgan fingerprint density at radius 3 is 2.42 bits per heavy atom. The number of aryl methyl sites for hydroxylation is 1. The summed E-state index contributed by atoms with van der Waals surface area (Å²) in [6, 6.07) is 9.71. The summed E-state index contributed by atoms with van der Waals surface area (Å²) >= 11 is 0. The van der Waals surface area contributed by atoms with E-state index in [2.05, 4.69) is 36.5 Å². The van der Waals surface area contributed by atoms with Crippen LogP contribution in [-0.2, 0) is 11.8 Å². The van der Waals surface area contributed by atoms with Crippen molar-refractivity contribution in [2.24, 2.45) is 0 Å². The van der Waals surface area contributed by atoms with Crippen molar-refractivity contribution in [3.05, 3.63) is 35.4 Å². The van der Waals surface area contributed by atoms with Crippen LogP contribution in [0.2, 0.25) is 0 Å². The Bertz CT molecular complexity index is 366. The van der Waals surface area contributed by atoms with E-state index in [1.165, 1.54) is 32.2 Å².